The molecule has 53 heavy (non-hydrogen) atoms. The minimum atomic E-state index is -4.77. The lowest BCUT2D eigenvalue weighted by molar-refractivity contribution is -0.137. The Bertz CT molecular complexity index is 2040. The van der Waals surface area contributed by atoms with E-state index >= 15 is 4.39 Å². The van der Waals surface area contributed by atoms with Crippen LogP contribution in [0.4, 0.5) is 60.4 Å². The Morgan fingerprint density at radius 2 is 1.72 bits per heavy atom. The van der Waals surface area contributed by atoms with Crippen molar-refractivity contribution in [3.05, 3.63) is 84.1 Å². The van der Waals surface area contributed by atoms with Crippen molar-refractivity contribution in [3.8, 4) is 11.1 Å². The number of benzene rings is 3. The van der Waals surface area contributed by atoms with Crippen molar-refractivity contribution in [2.24, 2.45) is 4.36 Å². The molecule has 0 radical (unpaired) electrons. The highest BCUT2D eigenvalue weighted by molar-refractivity contribution is 7.75. The van der Waals surface area contributed by atoms with Gasteiger partial charge in [-0.2, -0.15) is 18.2 Å². The zero-order chi connectivity index (χ0) is 38.1. The number of anilines is 5. The van der Waals surface area contributed by atoms with Crippen LogP contribution in [0.2, 0.25) is 0 Å². The number of aromatic nitrogens is 2. The number of amides is 3. The highest BCUT2D eigenvalue weighted by Gasteiger charge is 2.31. The molecule has 1 aliphatic rings. The van der Waals surface area contributed by atoms with Gasteiger partial charge in [-0.05, 0) is 68.1 Å². The van der Waals surface area contributed by atoms with Gasteiger partial charge in [-0.3, -0.25) is 4.90 Å². The number of likely N-dealkylation sites (N-methyl/N-ethyl adjacent to an activating group) is 1. The molecule has 4 N–H and O–H groups in total. The number of rotatable bonds is 11. The summed E-state index contributed by atoms with van der Waals surface area (Å²) in [5, 5.41) is 10.5. The summed E-state index contributed by atoms with van der Waals surface area (Å²) in [6.07, 6.45) is -4.25. The lowest BCUT2D eigenvalue weighted by Gasteiger charge is -2.32. The van der Waals surface area contributed by atoms with Gasteiger partial charge in [-0.15, -0.1) is 4.36 Å². The maximum absolute atomic E-state index is 15.4. The first-order valence-electron chi connectivity index (χ1n) is 16.3. The molecule has 3 amide bonds. The fraction of sp³-hybridized carbons (Fsp3) is 0.294. The van der Waals surface area contributed by atoms with Gasteiger partial charge >= 0.3 is 18.3 Å². The van der Waals surface area contributed by atoms with Gasteiger partial charge in [0.25, 0.3) is 0 Å². The summed E-state index contributed by atoms with van der Waals surface area (Å²) in [7, 11) is -0.374. The molecule has 1 fully saturated rings. The summed E-state index contributed by atoms with van der Waals surface area (Å²) in [6, 6.07) is 10.6. The van der Waals surface area contributed by atoms with Gasteiger partial charge in [0, 0.05) is 61.6 Å². The molecule has 1 saturated heterocycles. The number of ether oxygens (including phenoxy) is 1. The number of hydrogen-bond donors (Lipinski definition) is 5. The van der Waals surface area contributed by atoms with E-state index in [4.69, 9.17) is 4.74 Å². The Kier molecular flexibility index (Phi) is 12.8. The summed E-state index contributed by atoms with van der Waals surface area (Å²) >= 11 is 0. The molecule has 19 heteroatoms. The van der Waals surface area contributed by atoms with Crippen LogP contribution in [0.1, 0.15) is 12.5 Å². The number of nitrogens with one attached hydrogen (secondary N) is 4. The number of hydrogen-bond acceptors (Lipinski definition) is 10. The molecule has 1 aliphatic heterocycles. The first kappa shape index (κ1) is 38.8. The van der Waals surface area contributed by atoms with Crippen LogP contribution in [0.5, 0.6) is 0 Å². The normalized spacial score (nSPS) is 14.4. The van der Waals surface area contributed by atoms with Gasteiger partial charge in [0.1, 0.15) is 17.5 Å². The molecule has 1 aromatic heterocycles. The average Bonchev–Trinajstić information content (AvgIpc) is 3.11. The summed E-state index contributed by atoms with van der Waals surface area (Å²) < 4.78 is 89.6. The lowest BCUT2D eigenvalue weighted by atomic mass is 10.1. The van der Waals surface area contributed by atoms with Gasteiger partial charge < -0.3 is 30.9 Å². The van der Waals surface area contributed by atoms with Gasteiger partial charge in [0.15, 0.2) is 0 Å². The molecule has 1 unspecified atom stereocenters. The average molecular weight is 762 g/mol. The van der Waals surface area contributed by atoms with E-state index in [9.17, 15) is 31.4 Å². The number of nitrogens with zero attached hydrogens (tertiary/aromatic N) is 5. The van der Waals surface area contributed by atoms with Crippen LogP contribution in [0.15, 0.2) is 76.1 Å². The quantitative estimate of drug-likeness (QED) is 0.0828. The molecular weight excluding hydrogens is 725 g/mol. The Morgan fingerprint density at radius 3 is 2.43 bits per heavy atom. The topological polar surface area (TPSA) is 153 Å². The molecule has 4 aromatic rings. The van der Waals surface area contributed by atoms with Gasteiger partial charge in [0.2, 0.25) is 5.95 Å². The SMILES string of the molecule is CCOC(=O)/N=[SH](=O)\c1cccc(Nc2ncc(-c3ccc(NC(=O)Nc4cc(C(F)(F)F)ccc4F)c(F)c3)c(NCCN3CCN(C)CC3)n2)c1. The van der Waals surface area contributed by atoms with Crippen molar-refractivity contribution in [2.75, 3.05) is 74.2 Å². The molecule has 0 spiro atoms. The molecule has 0 saturated carbocycles. The van der Waals surface area contributed by atoms with Crippen LogP contribution in [0.3, 0.4) is 0 Å². The Balaban J connectivity index is 1.35. The van der Waals surface area contributed by atoms with E-state index < -0.39 is 51.8 Å². The number of carbonyl (C=O) groups excluding carboxylic acids is 2. The number of alkyl halides is 3. The van der Waals surface area contributed by atoms with Crippen molar-refractivity contribution in [1.29, 1.82) is 0 Å². The van der Waals surface area contributed by atoms with Crippen molar-refractivity contribution < 1.29 is 40.5 Å². The first-order chi connectivity index (χ1) is 25.3. The highest BCUT2D eigenvalue weighted by atomic mass is 32.2. The maximum Gasteiger partial charge on any atom is 0.441 e. The van der Waals surface area contributed by atoms with Crippen molar-refractivity contribution in [2.45, 2.75) is 18.0 Å². The van der Waals surface area contributed by atoms with Crippen LogP contribution in [0, 0.1) is 11.6 Å². The zero-order valence-electron chi connectivity index (χ0n) is 28.5. The molecule has 1 atom stereocenters. The van der Waals surface area contributed by atoms with Gasteiger partial charge in [0.05, 0.1) is 34.1 Å². The smallest absolute Gasteiger partial charge is 0.441 e. The molecule has 3 aromatic carbocycles. The molecule has 2 heterocycles. The third-order valence-electron chi connectivity index (χ3n) is 7.94. The number of carbonyl (C=O) groups is 2. The second-order valence-corrected chi connectivity index (χ2v) is 13.0. The maximum atomic E-state index is 15.4. The second-order valence-electron chi connectivity index (χ2n) is 11.7. The monoisotopic (exact) mass is 761 g/mol. The van der Waals surface area contributed by atoms with Crippen molar-refractivity contribution in [3.63, 3.8) is 0 Å². The van der Waals surface area contributed by atoms with Crippen molar-refractivity contribution in [1.82, 2.24) is 19.8 Å². The van der Waals surface area contributed by atoms with Crippen LogP contribution >= 0.6 is 0 Å². The van der Waals surface area contributed by atoms with E-state index in [-0.39, 0.29) is 23.1 Å². The minimum Gasteiger partial charge on any atom is -0.448 e. The Hall–Kier alpha value is -5.40. The first-order valence-corrected chi connectivity index (χ1v) is 17.5. The van der Waals surface area contributed by atoms with Crippen LogP contribution < -0.4 is 21.3 Å². The Labute approximate surface area is 303 Å². The summed E-state index contributed by atoms with van der Waals surface area (Å²) in [5.74, 6) is -1.52. The fourth-order valence-electron chi connectivity index (χ4n) is 5.17. The van der Waals surface area contributed by atoms with Gasteiger partial charge in [-0.1, -0.05) is 12.1 Å². The summed E-state index contributed by atoms with van der Waals surface area (Å²) in [6.45, 7) is 6.49. The van der Waals surface area contributed by atoms with E-state index in [1.807, 2.05) is 5.32 Å². The fourth-order valence-corrected chi connectivity index (χ4v) is 5.95. The van der Waals surface area contributed by atoms with E-state index in [0.717, 1.165) is 32.2 Å². The van der Waals surface area contributed by atoms with E-state index in [1.165, 1.54) is 24.4 Å². The third-order valence-corrected chi connectivity index (χ3v) is 9.00. The molecule has 0 aliphatic carbocycles. The summed E-state index contributed by atoms with van der Waals surface area (Å²) in [4.78, 5) is 38.0. The molecule has 5 rings (SSSR count). The highest BCUT2D eigenvalue weighted by Crippen LogP contribution is 2.33. The number of thiol groups is 1. The molecule has 282 valence electrons. The summed E-state index contributed by atoms with van der Waals surface area (Å²) in [5.41, 5.74) is -1.06. The standard InChI is InChI=1S/C34H36F5N9O4S/c1-3-52-33(50)46-53(51)24-6-4-5-23(19-24)42-31-41-20-25(30(45-31)40-11-12-48-15-13-47(2)14-16-48)21-7-10-28(27(36)17-21)43-32(49)44-29-18-22(34(37,38)39)8-9-26(29)35/h4-10,17-20,53H,3,11-16H2,1-2H3,(H2,43,44,49)(H2,40,41,42,45). The van der Waals surface area contributed by atoms with Gasteiger partial charge in [-0.25, -0.2) is 27.6 Å². The number of halogens is 5. The predicted octanol–water partition coefficient (Wildman–Crippen LogP) is 6.67. The van der Waals surface area contributed by atoms with Crippen molar-refractivity contribution >= 4 is 51.5 Å². The molecular formula is C34H36F5N9O4S. The lowest BCUT2D eigenvalue weighted by Crippen LogP contribution is -2.45. The number of piperazine rings is 1. The predicted molar refractivity (Wildman–Crippen MR) is 191 cm³/mol. The van der Waals surface area contributed by atoms with E-state index in [0.29, 0.717) is 53.9 Å². The number of urea groups is 1. The van der Waals surface area contributed by atoms with E-state index in [2.05, 4.69) is 47.1 Å². The molecule has 13 nitrogen and oxygen atoms in total. The minimum absolute atomic E-state index is 0.0890. The zero-order valence-corrected chi connectivity index (χ0v) is 29.4. The van der Waals surface area contributed by atoms with Crippen LogP contribution in [-0.2, 0) is 21.5 Å². The Morgan fingerprint density at radius 1 is 0.962 bits per heavy atom. The van der Waals surface area contributed by atoms with Crippen LogP contribution in [-0.4, -0.2) is 89.0 Å². The van der Waals surface area contributed by atoms with Crippen LogP contribution in [0.25, 0.3) is 11.1 Å². The largest absolute Gasteiger partial charge is 0.448 e. The third kappa shape index (κ3) is 10.8. The molecule has 0 bridgehead atoms. The second kappa shape index (κ2) is 17.4. The van der Waals surface area contributed by atoms with E-state index in [1.54, 1.807) is 25.1 Å².